The number of carbonyl (C=O) groups excluding carboxylic acids is 1. The van der Waals surface area contributed by atoms with Crippen LogP contribution in [0.5, 0.6) is 0 Å². The van der Waals surface area contributed by atoms with E-state index in [1.165, 1.54) is 36.1 Å². The summed E-state index contributed by atoms with van der Waals surface area (Å²) < 4.78 is 32.6. The lowest BCUT2D eigenvalue weighted by Gasteiger charge is -2.32. The summed E-state index contributed by atoms with van der Waals surface area (Å²) in [5.41, 5.74) is 5.35. The van der Waals surface area contributed by atoms with Gasteiger partial charge in [-0.3, -0.25) is 0 Å². The van der Waals surface area contributed by atoms with Crippen LogP contribution in [0.2, 0.25) is 0 Å². The molecular weight excluding hydrogens is 364 g/mol. The number of anilines is 1. The van der Waals surface area contributed by atoms with Crippen molar-refractivity contribution >= 4 is 24.2 Å². The van der Waals surface area contributed by atoms with Gasteiger partial charge in [0, 0.05) is 17.3 Å². The monoisotopic (exact) mass is 385 g/mol. The van der Waals surface area contributed by atoms with Gasteiger partial charge in [-0.25, -0.2) is 9.18 Å². The first kappa shape index (κ1) is 19.9. The van der Waals surface area contributed by atoms with Crippen molar-refractivity contribution in [3.05, 3.63) is 41.5 Å². The Morgan fingerprint density at radius 2 is 1.89 bits per heavy atom. The third kappa shape index (κ3) is 3.05. The van der Waals surface area contributed by atoms with Gasteiger partial charge in [0.15, 0.2) is 5.69 Å². The maximum Gasteiger partial charge on any atom is 0.497 e. The Bertz CT molecular complexity index is 978. The summed E-state index contributed by atoms with van der Waals surface area (Å²) in [5.74, 6) is -1.22. The summed E-state index contributed by atoms with van der Waals surface area (Å²) in [6, 6.07) is 6.15. The number of benzene rings is 1. The highest BCUT2D eigenvalue weighted by atomic mass is 19.1. The topological polar surface area (TPSA) is 99.5 Å². The van der Waals surface area contributed by atoms with Crippen LogP contribution in [0.4, 0.5) is 10.1 Å². The summed E-state index contributed by atoms with van der Waals surface area (Å²) >= 11 is 0. The van der Waals surface area contributed by atoms with Gasteiger partial charge in [0.05, 0.1) is 29.6 Å². The van der Waals surface area contributed by atoms with Crippen LogP contribution >= 0.6 is 0 Å². The summed E-state index contributed by atoms with van der Waals surface area (Å²) in [7, 11) is 0.292. The lowest BCUT2D eigenvalue weighted by molar-refractivity contribution is 0.00578. The van der Waals surface area contributed by atoms with Crippen LogP contribution in [0, 0.1) is 17.1 Å². The van der Waals surface area contributed by atoms with Crippen molar-refractivity contribution in [3.8, 4) is 11.8 Å². The minimum atomic E-state index is -0.921. The highest BCUT2D eigenvalue weighted by Gasteiger charge is 2.52. The van der Waals surface area contributed by atoms with Gasteiger partial charge >= 0.3 is 13.1 Å². The van der Waals surface area contributed by atoms with E-state index in [-0.39, 0.29) is 22.4 Å². The molecule has 0 bridgehead atoms. The van der Waals surface area contributed by atoms with Gasteiger partial charge in [-0.15, -0.1) is 0 Å². The summed E-state index contributed by atoms with van der Waals surface area (Å²) in [6.07, 6.45) is 1.41. The maximum absolute atomic E-state index is 14.6. The predicted octanol–water partition coefficient (Wildman–Crippen LogP) is 2.16. The summed E-state index contributed by atoms with van der Waals surface area (Å²) in [6.45, 7) is 7.48. The Morgan fingerprint density at radius 1 is 1.29 bits per heavy atom. The molecule has 2 N–H and O–H groups in total. The Morgan fingerprint density at radius 3 is 2.43 bits per heavy atom. The molecule has 1 aliphatic rings. The van der Waals surface area contributed by atoms with E-state index in [1.807, 2.05) is 33.8 Å². The first-order chi connectivity index (χ1) is 13.0. The standard InChI is InChI=1S/C19H21BFN3O4/c1-18(2)19(3,4)28-20(27-18)13-8-12(6-7-14(13)21)24-10-11(9-22)15(23)16(24)17(25)26-5/h6-8,10H,23H2,1-5H3. The molecule has 0 spiro atoms. The number of nitrogen functional groups attached to an aromatic ring is 1. The van der Waals surface area contributed by atoms with Crippen LogP contribution in [-0.4, -0.2) is 36.0 Å². The zero-order chi connectivity index (χ0) is 20.9. The molecule has 0 radical (unpaired) electrons. The quantitative estimate of drug-likeness (QED) is 0.642. The number of esters is 1. The molecule has 0 saturated carbocycles. The van der Waals surface area contributed by atoms with Crippen LogP contribution in [0.25, 0.3) is 5.69 Å². The van der Waals surface area contributed by atoms with Crippen molar-refractivity contribution in [2.24, 2.45) is 0 Å². The van der Waals surface area contributed by atoms with Crippen molar-refractivity contribution < 1.29 is 23.2 Å². The minimum absolute atomic E-state index is 0.00384. The minimum Gasteiger partial charge on any atom is -0.464 e. The number of aromatic nitrogens is 1. The number of nitrogens with two attached hydrogens (primary N) is 1. The van der Waals surface area contributed by atoms with E-state index in [1.54, 1.807) is 0 Å². The second kappa shape index (κ2) is 6.65. The number of nitrogens with zero attached hydrogens (tertiary/aromatic N) is 2. The Kier molecular flexibility index (Phi) is 4.73. The molecule has 0 amide bonds. The van der Waals surface area contributed by atoms with Crippen molar-refractivity contribution in [2.75, 3.05) is 12.8 Å². The molecule has 2 aromatic rings. The van der Waals surface area contributed by atoms with Gasteiger partial charge in [-0.2, -0.15) is 5.26 Å². The number of hydrogen-bond donors (Lipinski definition) is 1. The molecule has 0 aliphatic carbocycles. The zero-order valence-corrected chi connectivity index (χ0v) is 16.4. The number of nitriles is 1. The second-order valence-electron chi connectivity index (χ2n) is 7.57. The summed E-state index contributed by atoms with van der Waals surface area (Å²) in [4.78, 5) is 12.2. The lowest BCUT2D eigenvalue weighted by atomic mass is 9.78. The molecule has 0 atom stereocenters. The predicted molar refractivity (Wildman–Crippen MR) is 102 cm³/mol. The van der Waals surface area contributed by atoms with E-state index in [9.17, 15) is 14.4 Å². The fourth-order valence-corrected chi connectivity index (χ4v) is 2.95. The molecule has 7 nitrogen and oxygen atoms in total. The molecule has 0 unspecified atom stereocenters. The largest absolute Gasteiger partial charge is 0.497 e. The van der Waals surface area contributed by atoms with Crippen molar-refractivity contribution in [1.82, 2.24) is 4.57 Å². The van der Waals surface area contributed by atoms with Crippen LogP contribution < -0.4 is 11.2 Å². The molecule has 1 saturated heterocycles. The van der Waals surface area contributed by atoms with Crippen LogP contribution in [0.1, 0.15) is 43.7 Å². The zero-order valence-electron chi connectivity index (χ0n) is 16.4. The molecule has 3 rings (SSSR count). The van der Waals surface area contributed by atoms with Gasteiger partial charge in [-0.1, -0.05) is 0 Å². The molecule has 1 aromatic carbocycles. The molecular formula is C19H21BFN3O4. The number of methoxy groups -OCH3 is 1. The molecule has 146 valence electrons. The van der Waals surface area contributed by atoms with Crippen LogP contribution in [-0.2, 0) is 14.0 Å². The smallest absolute Gasteiger partial charge is 0.464 e. The highest BCUT2D eigenvalue weighted by Crippen LogP contribution is 2.37. The Balaban J connectivity index is 2.12. The van der Waals surface area contributed by atoms with Crippen molar-refractivity contribution in [1.29, 1.82) is 5.26 Å². The maximum atomic E-state index is 14.6. The molecule has 28 heavy (non-hydrogen) atoms. The lowest BCUT2D eigenvalue weighted by Crippen LogP contribution is -2.41. The van der Waals surface area contributed by atoms with E-state index in [0.29, 0.717) is 5.69 Å². The average Bonchev–Trinajstić information content (AvgIpc) is 3.07. The Labute approximate surface area is 162 Å². The number of halogens is 1. The first-order valence-corrected chi connectivity index (χ1v) is 8.67. The number of hydrogen-bond acceptors (Lipinski definition) is 6. The van der Waals surface area contributed by atoms with E-state index >= 15 is 0 Å². The number of ether oxygens (including phenoxy) is 1. The Hall–Kier alpha value is -2.83. The van der Waals surface area contributed by atoms with Crippen molar-refractivity contribution in [3.63, 3.8) is 0 Å². The molecule has 1 aliphatic heterocycles. The van der Waals surface area contributed by atoms with Gasteiger partial charge in [0.25, 0.3) is 0 Å². The molecule has 2 heterocycles. The van der Waals surface area contributed by atoms with E-state index < -0.39 is 30.1 Å². The summed E-state index contributed by atoms with van der Waals surface area (Å²) in [5, 5.41) is 9.25. The third-order valence-corrected chi connectivity index (χ3v) is 5.31. The van der Waals surface area contributed by atoms with Gasteiger partial charge in [0.1, 0.15) is 11.9 Å². The molecule has 1 aromatic heterocycles. The SMILES string of the molecule is COC(=O)c1c(N)c(C#N)cn1-c1ccc(F)c(B2OC(C)(C)C(C)(C)O2)c1. The number of carbonyl (C=O) groups is 1. The third-order valence-electron chi connectivity index (χ3n) is 5.31. The first-order valence-electron chi connectivity index (χ1n) is 8.67. The second-order valence-corrected chi connectivity index (χ2v) is 7.57. The van der Waals surface area contributed by atoms with Crippen LogP contribution in [0.15, 0.2) is 24.4 Å². The van der Waals surface area contributed by atoms with Gasteiger partial charge in [-0.05, 0) is 45.9 Å². The highest BCUT2D eigenvalue weighted by molar-refractivity contribution is 6.62. The van der Waals surface area contributed by atoms with Gasteiger partial charge in [0.2, 0.25) is 0 Å². The van der Waals surface area contributed by atoms with Gasteiger partial charge < -0.3 is 24.3 Å². The molecule has 1 fully saturated rings. The van der Waals surface area contributed by atoms with Crippen molar-refractivity contribution in [2.45, 2.75) is 38.9 Å². The fourth-order valence-electron chi connectivity index (χ4n) is 2.95. The van der Waals surface area contributed by atoms with E-state index in [2.05, 4.69) is 0 Å². The average molecular weight is 385 g/mol. The van der Waals surface area contributed by atoms with E-state index in [4.69, 9.17) is 19.8 Å². The fraction of sp³-hybridized carbons (Fsp3) is 0.368. The van der Waals surface area contributed by atoms with E-state index in [0.717, 1.165) is 0 Å². The van der Waals surface area contributed by atoms with Crippen LogP contribution in [0.3, 0.4) is 0 Å². The number of rotatable bonds is 3. The normalized spacial score (nSPS) is 17.4. The molecule has 9 heteroatoms.